The number of hydrogen-bond acceptors (Lipinski definition) is 3. The minimum atomic E-state index is -3.56. The monoisotopic (exact) mass is 368 g/mol. The SMILES string of the molecule is NS(=O)(=O)Cc1ccc(NC(=O)c2ccccc2Br)cc1. The molecule has 0 unspecified atom stereocenters. The molecule has 2 rings (SSSR count). The van der Waals surface area contributed by atoms with Gasteiger partial charge in [0.1, 0.15) is 0 Å². The van der Waals surface area contributed by atoms with E-state index >= 15 is 0 Å². The molecule has 0 spiro atoms. The van der Waals surface area contributed by atoms with E-state index in [0.717, 1.165) is 0 Å². The van der Waals surface area contributed by atoms with E-state index in [-0.39, 0.29) is 11.7 Å². The Balaban J connectivity index is 2.10. The molecule has 1 amide bonds. The van der Waals surface area contributed by atoms with Gasteiger partial charge in [0.2, 0.25) is 10.0 Å². The first-order valence-corrected chi connectivity index (χ1v) is 8.51. The highest BCUT2D eigenvalue weighted by atomic mass is 79.9. The van der Waals surface area contributed by atoms with Gasteiger partial charge in [0, 0.05) is 10.2 Å². The molecule has 21 heavy (non-hydrogen) atoms. The van der Waals surface area contributed by atoms with Gasteiger partial charge in [-0.15, -0.1) is 0 Å². The van der Waals surface area contributed by atoms with Gasteiger partial charge >= 0.3 is 0 Å². The van der Waals surface area contributed by atoms with Crippen molar-refractivity contribution in [2.24, 2.45) is 5.14 Å². The zero-order valence-electron chi connectivity index (χ0n) is 10.9. The number of primary sulfonamides is 1. The van der Waals surface area contributed by atoms with Crippen LogP contribution >= 0.6 is 15.9 Å². The number of anilines is 1. The first-order valence-electron chi connectivity index (χ1n) is 6.00. The number of carbonyl (C=O) groups is 1. The third-order valence-corrected chi connectivity index (χ3v) is 4.13. The zero-order chi connectivity index (χ0) is 15.5. The first kappa shape index (κ1) is 15.7. The molecule has 0 atom stereocenters. The number of benzene rings is 2. The summed E-state index contributed by atoms with van der Waals surface area (Å²) in [4.78, 5) is 12.1. The number of hydrogen-bond donors (Lipinski definition) is 2. The van der Waals surface area contributed by atoms with E-state index in [0.29, 0.717) is 21.3 Å². The highest BCUT2D eigenvalue weighted by molar-refractivity contribution is 9.10. The standard InChI is InChI=1S/C14H13BrN2O3S/c15-13-4-2-1-3-12(13)14(18)17-11-7-5-10(6-8-11)9-21(16,19)20/h1-8H,9H2,(H,17,18)(H2,16,19,20). The lowest BCUT2D eigenvalue weighted by molar-refractivity contribution is 0.102. The van der Waals surface area contributed by atoms with Gasteiger partial charge < -0.3 is 5.32 Å². The van der Waals surface area contributed by atoms with E-state index in [2.05, 4.69) is 21.2 Å². The van der Waals surface area contributed by atoms with Crippen molar-refractivity contribution in [1.29, 1.82) is 0 Å². The van der Waals surface area contributed by atoms with Crippen LogP contribution in [0.4, 0.5) is 5.69 Å². The van der Waals surface area contributed by atoms with E-state index in [9.17, 15) is 13.2 Å². The summed E-state index contributed by atoms with van der Waals surface area (Å²) in [6.07, 6.45) is 0. The molecular formula is C14H13BrN2O3S. The maximum Gasteiger partial charge on any atom is 0.256 e. The smallest absolute Gasteiger partial charge is 0.256 e. The summed E-state index contributed by atoms with van der Waals surface area (Å²) in [5.41, 5.74) is 1.66. The molecule has 0 saturated heterocycles. The van der Waals surface area contributed by atoms with E-state index in [1.165, 1.54) is 0 Å². The number of carbonyl (C=O) groups excluding carboxylic acids is 1. The molecule has 5 nitrogen and oxygen atoms in total. The van der Waals surface area contributed by atoms with Crippen LogP contribution in [0.15, 0.2) is 53.0 Å². The van der Waals surface area contributed by atoms with Crippen molar-refractivity contribution < 1.29 is 13.2 Å². The average molecular weight is 369 g/mol. The van der Waals surface area contributed by atoms with Crippen molar-refractivity contribution in [2.75, 3.05) is 5.32 Å². The highest BCUT2D eigenvalue weighted by Gasteiger charge is 2.10. The minimum Gasteiger partial charge on any atom is -0.322 e. The number of nitrogens with two attached hydrogens (primary N) is 1. The molecule has 0 saturated carbocycles. The molecule has 0 radical (unpaired) electrons. The van der Waals surface area contributed by atoms with Gasteiger partial charge in [-0.3, -0.25) is 4.79 Å². The number of amides is 1. The van der Waals surface area contributed by atoms with Crippen molar-refractivity contribution in [3.63, 3.8) is 0 Å². The maximum absolute atomic E-state index is 12.1. The second kappa shape index (κ2) is 6.38. The van der Waals surface area contributed by atoms with Gasteiger partial charge in [-0.05, 0) is 45.8 Å². The molecule has 2 aromatic rings. The lowest BCUT2D eigenvalue weighted by Gasteiger charge is -2.07. The molecule has 0 fully saturated rings. The molecule has 0 aliphatic heterocycles. The molecule has 0 aliphatic rings. The molecule has 2 aromatic carbocycles. The van der Waals surface area contributed by atoms with Crippen LogP contribution in [0, 0.1) is 0 Å². The van der Waals surface area contributed by atoms with Gasteiger partial charge in [-0.25, -0.2) is 13.6 Å². The van der Waals surface area contributed by atoms with Crippen molar-refractivity contribution >= 4 is 37.5 Å². The Morgan fingerprint density at radius 2 is 1.71 bits per heavy atom. The van der Waals surface area contributed by atoms with Gasteiger partial charge in [-0.1, -0.05) is 24.3 Å². The number of rotatable bonds is 4. The number of nitrogens with one attached hydrogen (secondary N) is 1. The van der Waals surface area contributed by atoms with Gasteiger partial charge in [0.05, 0.1) is 11.3 Å². The van der Waals surface area contributed by atoms with Crippen LogP contribution in [0.3, 0.4) is 0 Å². The molecule has 0 bridgehead atoms. The van der Waals surface area contributed by atoms with Crippen molar-refractivity contribution in [1.82, 2.24) is 0 Å². The maximum atomic E-state index is 12.1. The predicted octanol–water partition coefficient (Wildman–Crippen LogP) is 2.49. The lowest BCUT2D eigenvalue weighted by Crippen LogP contribution is -2.15. The third-order valence-electron chi connectivity index (χ3n) is 2.70. The lowest BCUT2D eigenvalue weighted by atomic mass is 10.2. The Morgan fingerprint density at radius 3 is 2.29 bits per heavy atom. The summed E-state index contributed by atoms with van der Waals surface area (Å²) < 4.78 is 22.7. The summed E-state index contributed by atoms with van der Waals surface area (Å²) in [6.45, 7) is 0. The molecule has 0 heterocycles. The molecular weight excluding hydrogens is 356 g/mol. The van der Waals surface area contributed by atoms with Gasteiger partial charge in [-0.2, -0.15) is 0 Å². The predicted molar refractivity (Wildman–Crippen MR) is 85.3 cm³/mol. The molecule has 110 valence electrons. The Hall–Kier alpha value is -1.70. The minimum absolute atomic E-state index is 0.231. The molecule has 0 aliphatic carbocycles. The Morgan fingerprint density at radius 1 is 1.10 bits per heavy atom. The van der Waals surface area contributed by atoms with E-state index < -0.39 is 10.0 Å². The summed E-state index contributed by atoms with van der Waals surface area (Å²) in [5, 5.41) is 7.72. The van der Waals surface area contributed by atoms with Crippen LogP contribution in [-0.2, 0) is 15.8 Å². The van der Waals surface area contributed by atoms with E-state index in [1.54, 1.807) is 42.5 Å². The summed E-state index contributed by atoms with van der Waals surface area (Å²) >= 11 is 3.31. The topological polar surface area (TPSA) is 89.3 Å². The van der Waals surface area contributed by atoms with Crippen LogP contribution in [0.25, 0.3) is 0 Å². The number of halogens is 1. The van der Waals surface area contributed by atoms with Crippen molar-refractivity contribution in [3.05, 3.63) is 64.1 Å². The fourth-order valence-corrected chi connectivity index (χ4v) is 2.88. The Bertz CT molecular complexity index is 758. The highest BCUT2D eigenvalue weighted by Crippen LogP contribution is 2.18. The second-order valence-corrected chi connectivity index (χ2v) is 6.91. The first-order chi connectivity index (χ1) is 9.85. The van der Waals surface area contributed by atoms with Crippen LogP contribution in [0.2, 0.25) is 0 Å². The van der Waals surface area contributed by atoms with Crippen LogP contribution in [0.5, 0.6) is 0 Å². The largest absolute Gasteiger partial charge is 0.322 e. The Kier molecular flexibility index (Phi) is 4.76. The zero-order valence-corrected chi connectivity index (χ0v) is 13.3. The van der Waals surface area contributed by atoms with Gasteiger partial charge in [0.15, 0.2) is 0 Å². The summed E-state index contributed by atoms with van der Waals surface area (Å²) in [6, 6.07) is 13.6. The fraction of sp³-hybridized carbons (Fsp3) is 0.0714. The van der Waals surface area contributed by atoms with E-state index in [1.807, 2.05) is 6.07 Å². The fourth-order valence-electron chi connectivity index (χ4n) is 1.76. The normalized spacial score (nSPS) is 11.1. The molecule has 0 aromatic heterocycles. The van der Waals surface area contributed by atoms with Crippen molar-refractivity contribution in [2.45, 2.75) is 5.75 Å². The van der Waals surface area contributed by atoms with Crippen LogP contribution in [-0.4, -0.2) is 14.3 Å². The number of sulfonamides is 1. The second-order valence-electron chi connectivity index (χ2n) is 4.44. The van der Waals surface area contributed by atoms with E-state index in [4.69, 9.17) is 5.14 Å². The van der Waals surface area contributed by atoms with Gasteiger partial charge in [0.25, 0.3) is 5.91 Å². The van der Waals surface area contributed by atoms with Crippen LogP contribution < -0.4 is 10.5 Å². The van der Waals surface area contributed by atoms with Crippen LogP contribution in [0.1, 0.15) is 15.9 Å². The third kappa shape index (κ3) is 4.66. The summed E-state index contributed by atoms with van der Waals surface area (Å²) in [7, 11) is -3.56. The molecule has 7 heteroatoms. The van der Waals surface area contributed by atoms with Crippen molar-refractivity contribution in [3.8, 4) is 0 Å². The summed E-state index contributed by atoms with van der Waals surface area (Å²) in [5.74, 6) is -0.479. The molecule has 3 N–H and O–H groups in total. The Labute approximate surface area is 131 Å². The quantitative estimate of drug-likeness (QED) is 0.868. The average Bonchev–Trinajstić information content (AvgIpc) is 2.40.